The lowest BCUT2D eigenvalue weighted by molar-refractivity contribution is -0.111. The minimum absolute atomic E-state index is 0.0657. The number of fused-ring (bicyclic) bond motifs is 1. The van der Waals surface area contributed by atoms with E-state index in [4.69, 9.17) is 5.11 Å². The Bertz CT molecular complexity index is 1060. The van der Waals surface area contributed by atoms with E-state index >= 15 is 0 Å². The van der Waals surface area contributed by atoms with E-state index in [0.717, 1.165) is 37.7 Å². The molecule has 0 atom stereocenters. The Labute approximate surface area is 204 Å². The number of allylic oxidation sites excluding steroid dienone is 1. The number of rotatable bonds is 9. The number of carbonyl (C=O) groups excluding carboxylic acids is 1. The Morgan fingerprint density at radius 3 is 2.12 bits per heavy atom. The highest BCUT2D eigenvalue weighted by Gasteiger charge is 2.37. The Balaban J connectivity index is 1.93. The molecule has 0 aliphatic heterocycles. The van der Waals surface area contributed by atoms with Gasteiger partial charge in [0.1, 0.15) is 0 Å². The molecule has 0 bridgehead atoms. The first kappa shape index (κ1) is 25.7. The number of amides is 1. The second-order valence-corrected chi connectivity index (χ2v) is 10.8. The van der Waals surface area contributed by atoms with E-state index in [-0.39, 0.29) is 22.3 Å². The first-order valence-electron chi connectivity index (χ1n) is 12.6. The molecule has 0 aromatic heterocycles. The third-order valence-electron chi connectivity index (χ3n) is 7.20. The summed E-state index contributed by atoms with van der Waals surface area (Å²) in [6, 6.07) is 12.8. The third-order valence-corrected chi connectivity index (χ3v) is 7.20. The number of benzene rings is 2. The summed E-state index contributed by atoms with van der Waals surface area (Å²) < 4.78 is 0. The van der Waals surface area contributed by atoms with Gasteiger partial charge in [0.25, 0.3) is 5.91 Å². The van der Waals surface area contributed by atoms with Crippen LogP contribution in [0.2, 0.25) is 0 Å². The van der Waals surface area contributed by atoms with Gasteiger partial charge in [0.15, 0.2) is 0 Å². The second kappa shape index (κ2) is 10.6. The van der Waals surface area contributed by atoms with Crippen LogP contribution in [0.1, 0.15) is 107 Å². The van der Waals surface area contributed by atoms with Crippen molar-refractivity contribution < 1.29 is 14.7 Å². The molecule has 2 aromatic rings. The molecule has 34 heavy (non-hydrogen) atoms. The zero-order chi connectivity index (χ0) is 24.9. The zero-order valence-corrected chi connectivity index (χ0v) is 21.3. The topological polar surface area (TPSA) is 66.4 Å². The van der Waals surface area contributed by atoms with Crippen LogP contribution in [-0.2, 0) is 15.6 Å². The highest BCUT2D eigenvalue weighted by molar-refractivity contribution is 6.25. The van der Waals surface area contributed by atoms with Crippen molar-refractivity contribution in [3.8, 4) is 0 Å². The monoisotopic (exact) mass is 461 g/mol. The molecule has 1 aliphatic rings. The molecule has 1 amide bonds. The van der Waals surface area contributed by atoms with Crippen LogP contribution in [0.5, 0.6) is 0 Å². The molecule has 0 fully saturated rings. The summed E-state index contributed by atoms with van der Waals surface area (Å²) in [6.45, 7) is 11.4. The Kier molecular flexibility index (Phi) is 8.01. The van der Waals surface area contributed by atoms with Crippen LogP contribution in [0, 0.1) is 0 Å². The van der Waals surface area contributed by atoms with Crippen LogP contribution in [0.4, 0.5) is 5.69 Å². The molecule has 1 aliphatic carbocycles. The van der Waals surface area contributed by atoms with Gasteiger partial charge in [0, 0.05) is 11.3 Å². The van der Waals surface area contributed by atoms with Crippen LogP contribution in [0.15, 0.2) is 48.5 Å². The highest BCUT2D eigenvalue weighted by Crippen LogP contribution is 2.46. The molecule has 4 heteroatoms. The maximum Gasteiger partial charge on any atom is 0.335 e. The minimum atomic E-state index is -0.981. The van der Waals surface area contributed by atoms with E-state index in [0.29, 0.717) is 11.3 Å². The Morgan fingerprint density at radius 1 is 0.882 bits per heavy atom. The summed E-state index contributed by atoms with van der Waals surface area (Å²) in [5, 5.41) is 12.1. The van der Waals surface area contributed by atoms with Crippen molar-refractivity contribution in [2.75, 3.05) is 5.32 Å². The average molecular weight is 462 g/mol. The molecule has 2 N–H and O–H groups in total. The first-order valence-corrected chi connectivity index (χ1v) is 12.6. The number of hydrogen-bond acceptors (Lipinski definition) is 2. The Hall–Kier alpha value is -2.88. The van der Waals surface area contributed by atoms with Crippen molar-refractivity contribution in [3.63, 3.8) is 0 Å². The number of carbonyl (C=O) groups is 2. The van der Waals surface area contributed by atoms with Crippen LogP contribution in [-0.4, -0.2) is 17.0 Å². The van der Waals surface area contributed by atoms with Gasteiger partial charge in [-0.15, -0.1) is 0 Å². The summed E-state index contributed by atoms with van der Waals surface area (Å²) in [5.41, 5.74) is 5.31. The maximum atomic E-state index is 13.4. The zero-order valence-electron chi connectivity index (χ0n) is 21.3. The van der Waals surface area contributed by atoms with E-state index in [2.05, 4.69) is 64.2 Å². The molecular weight excluding hydrogens is 422 g/mol. The largest absolute Gasteiger partial charge is 0.478 e. The van der Waals surface area contributed by atoms with Crippen molar-refractivity contribution in [3.05, 3.63) is 70.8 Å². The fourth-order valence-corrected chi connectivity index (χ4v) is 4.81. The van der Waals surface area contributed by atoms with E-state index in [1.807, 2.05) is 0 Å². The maximum absolute atomic E-state index is 13.4. The number of anilines is 1. The summed E-state index contributed by atoms with van der Waals surface area (Å²) in [7, 11) is 0. The SMILES string of the molecule is CCCCCC/C=C(\C(=O)Nc1ccc(C(=O)O)cc1)c1ccc2c(c1)C(C)(C)CCC2(C)C. The normalized spacial score (nSPS) is 16.6. The summed E-state index contributed by atoms with van der Waals surface area (Å²) in [6.07, 6.45) is 9.79. The van der Waals surface area contributed by atoms with Gasteiger partial charge in [0.05, 0.1) is 5.56 Å². The smallest absolute Gasteiger partial charge is 0.335 e. The first-order chi connectivity index (χ1) is 16.0. The fraction of sp³-hybridized carbons (Fsp3) is 0.467. The van der Waals surface area contributed by atoms with Crippen LogP contribution in [0.3, 0.4) is 0 Å². The van der Waals surface area contributed by atoms with Gasteiger partial charge >= 0.3 is 5.97 Å². The summed E-state index contributed by atoms with van der Waals surface area (Å²) in [4.78, 5) is 24.6. The number of hydrogen-bond donors (Lipinski definition) is 2. The lowest BCUT2D eigenvalue weighted by Crippen LogP contribution is -2.34. The molecule has 0 saturated heterocycles. The highest BCUT2D eigenvalue weighted by atomic mass is 16.4. The molecule has 0 spiro atoms. The fourth-order valence-electron chi connectivity index (χ4n) is 4.81. The number of aromatic carboxylic acids is 1. The van der Waals surface area contributed by atoms with Crippen molar-refractivity contribution in [2.24, 2.45) is 0 Å². The molecule has 182 valence electrons. The molecule has 2 aromatic carbocycles. The van der Waals surface area contributed by atoms with Crippen LogP contribution >= 0.6 is 0 Å². The van der Waals surface area contributed by atoms with Crippen molar-refractivity contribution in [1.29, 1.82) is 0 Å². The van der Waals surface area contributed by atoms with Gasteiger partial charge in [-0.2, -0.15) is 0 Å². The molecular formula is C30H39NO3. The molecule has 0 radical (unpaired) electrons. The molecule has 4 nitrogen and oxygen atoms in total. The van der Waals surface area contributed by atoms with E-state index < -0.39 is 5.97 Å². The van der Waals surface area contributed by atoms with Crippen molar-refractivity contribution >= 4 is 23.1 Å². The van der Waals surface area contributed by atoms with Gasteiger partial charge in [-0.05, 0) is 77.5 Å². The number of unbranched alkanes of at least 4 members (excludes halogenated alkanes) is 4. The Morgan fingerprint density at radius 2 is 1.50 bits per heavy atom. The molecule has 0 heterocycles. The van der Waals surface area contributed by atoms with Gasteiger partial charge < -0.3 is 10.4 Å². The molecule has 3 rings (SSSR count). The summed E-state index contributed by atoms with van der Waals surface area (Å²) >= 11 is 0. The lowest BCUT2D eigenvalue weighted by atomic mass is 9.63. The van der Waals surface area contributed by atoms with Gasteiger partial charge in [-0.3, -0.25) is 4.79 Å². The van der Waals surface area contributed by atoms with E-state index in [1.54, 1.807) is 12.1 Å². The lowest BCUT2D eigenvalue weighted by Gasteiger charge is -2.42. The second-order valence-electron chi connectivity index (χ2n) is 10.8. The van der Waals surface area contributed by atoms with Gasteiger partial charge in [-0.1, -0.05) is 78.2 Å². The molecule has 0 saturated carbocycles. The quantitative estimate of drug-likeness (QED) is 0.297. The van der Waals surface area contributed by atoms with Crippen LogP contribution in [0.25, 0.3) is 5.57 Å². The molecule has 0 unspecified atom stereocenters. The summed E-state index contributed by atoms with van der Waals surface area (Å²) in [5.74, 6) is -1.14. The number of carboxylic acid groups (broad SMARTS) is 1. The van der Waals surface area contributed by atoms with E-state index in [9.17, 15) is 9.59 Å². The predicted molar refractivity (Wildman–Crippen MR) is 140 cm³/mol. The van der Waals surface area contributed by atoms with Crippen molar-refractivity contribution in [1.82, 2.24) is 0 Å². The minimum Gasteiger partial charge on any atom is -0.478 e. The number of nitrogens with one attached hydrogen (secondary N) is 1. The van der Waals surface area contributed by atoms with Crippen LogP contribution < -0.4 is 5.32 Å². The standard InChI is InChI=1S/C30H39NO3/c1-6-7-8-9-10-11-24(27(32)31-23-15-12-21(13-16-23)28(33)34)22-14-17-25-26(20-22)30(4,5)19-18-29(25,2)3/h11-17,20H,6-10,18-19H2,1-5H3,(H,31,32)(H,33,34)/b24-11-. The van der Waals surface area contributed by atoms with Crippen molar-refractivity contribution in [2.45, 2.75) is 90.4 Å². The van der Waals surface area contributed by atoms with Gasteiger partial charge in [-0.25, -0.2) is 4.79 Å². The third kappa shape index (κ3) is 5.97. The van der Waals surface area contributed by atoms with E-state index in [1.165, 1.54) is 36.1 Å². The average Bonchev–Trinajstić information content (AvgIpc) is 2.79. The van der Waals surface area contributed by atoms with Gasteiger partial charge in [0.2, 0.25) is 0 Å². The predicted octanol–water partition coefficient (Wildman–Crippen LogP) is 7.73. The number of carboxylic acids is 1.